The Bertz CT molecular complexity index is 728. The van der Waals surface area contributed by atoms with Gasteiger partial charge in [-0.15, -0.1) is 34.0 Å². The lowest BCUT2D eigenvalue weighted by Crippen LogP contribution is -1.80. The normalized spacial score (nSPS) is 11.4. The van der Waals surface area contributed by atoms with Gasteiger partial charge < -0.3 is 0 Å². The third kappa shape index (κ3) is 2.66. The third-order valence-electron chi connectivity index (χ3n) is 2.46. The fourth-order valence-electron chi connectivity index (χ4n) is 1.59. The number of allylic oxidation sites excluding steroid dienone is 1. The Kier molecular flexibility index (Phi) is 3.56. The molecule has 19 heavy (non-hydrogen) atoms. The summed E-state index contributed by atoms with van der Waals surface area (Å²) in [5.41, 5.74) is 1.57. The molecular formula is C14H8N2S3. The molecule has 0 fully saturated rings. The van der Waals surface area contributed by atoms with Gasteiger partial charge in [-0.3, -0.25) is 0 Å². The molecule has 0 atom stereocenters. The summed E-state index contributed by atoms with van der Waals surface area (Å²) in [6.45, 7) is 0. The van der Waals surface area contributed by atoms with Gasteiger partial charge in [-0.25, -0.2) is 4.98 Å². The molecule has 0 unspecified atom stereocenters. The summed E-state index contributed by atoms with van der Waals surface area (Å²) < 4.78 is 0. The number of nitrogens with zero attached hydrogens (tertiary/aromatic N) is 2. The first-order valence-electron chi connectivity index (χ1n) is 5.52. The number of hydrogen-bond donors (Lipinski definition) is 0. The van der Waals surface area contributed by atoms with Crippen molar-refractivity contribution in [3.05, 3.63) is 50.3 Å². The molecule has 0 spiro atoms. The van der Waals surface area contributed by atoms with Crippen LogP contribution in [0.1, 0.15) is 9.88 Å². The van der Waals surface area contributed by atoms with E-state index in [1.807, 2.05) is 46.5 Å². The second kappa shape index (κ2) is 5.49. The van der Waals surface area contributed by atoms with E-state index in [0.717, 1.165) is 20.5 Å². The van der Waals surface area contributed by atoms with Crippen LogP contribution < -0.4 is 0 Å². The van der Waals surface area contributed by atoms with Crippen molar-refractivity contribution in [1.82, 2.24) is 4.98 Å². The van der Waals surface area contributed by atoms with Gasteiger partial charge >= 0.3 is 0 Å². The third-order valence-corrected chi connectivity index (χ3v) is 5.05. The molecule has 3 aromatic heterocycles. The van der Waals surface area contributed by atoms with Gasteiger partial charge in [0, 0.05) is 10.3 Å². The lowest BCUT2D eigenvalue weighted by Gasteiger charge is -1.91. The molecule has 0 aliphatic carbocycles. The molecule has 0 saturated carbocycles. The van der Waals surface area contributed by atoms with Gasteiger partial charge in [0.25, 0.3) is 0 Å². The highest BCUT2D eigenvalue weighted by Crippen LogP contribution is 2.30. The Hall–Kier alpha value is -1.74. The van der Waals surface area contributed by atoms with Crippen molar-refractivity contribution in [2.24, 2.45) is 0 Å². The van der Waals surface area contributed by atoms with Crippen LogP contribution in [0.25, 0.3) is 22.2 Å². The van der Waals surface area contributed by atoms with E-state index in [0.29, 0.717) is 5.57 Å². The zero-order valence-corrected chi connectivity index (χ0v) is 12.2. The predicted octanol–water partition coefficient (Wildman–Crippen LogP) is 5.00. The van der Waals surface area contributed by atoms with Crippen molar-refractivity contribution in [3.8, 4) is 16.6 Å². The van der Waals surface area contributed by atoms with Gasteiger partial charge in [0.15, 0.2) is 0 Å². The SMILES string of the molecule is N#C/C(=C/c1cccs1)c1nc(-c2cccs2)cs1. The van der Waals surface area contributed by atoms with E-state index in [4.69, 9.17) is 0 Å². The molecule has 0 amide bonds. The fourth-order valence-corrected chi connectivity index (χ4v) is 3.80. The molecule has 0 aliphatic heterocycles. The first kappa shape index (κ1) is 12.3. The number of hydrogen-bond acceptors (Lipinski definition) is 5. The van der Waals surface area contributed by atoms with Crippen LogP contribution in [0.15, 0.2) is 40.4 Å². The molecule has 0 radical (unpaired) electrons. The summed E-state index contributed by atoms with van der Waals surface area (Å²) in [5.74, 6) is 0. The zero-order valence-electron chi connectivity index (χ0n) is 9.74. The molecule has 0 aromatic carbocycles. The van der Waals surface area contributed by atoms with E-state index in [-0.39, 0.29) is 0 Å². The first-order chi connectivity index (χ1) is 9.36. The molecule has 2 nitrogen and oxygen atoms in total. The average molecular weight is 300 g/mol. The fraction of sp³-hybridized carbons (Fsp3) is 0. The van der Waals surface area contributed by atoms with Crippen LogP contribution in [-0.4, -0.2) is 4.98 Å². The quantitative estimate of drug-likeness (QED) is 0.638. The van der Waals surface area contributed by atoms with Crippen LogP contribution >= 0.6 is 34.0 Å². The summed E-state index contributed by atoms with van der Waals surface area (Å²) in [5, 5.41) is 16.1. The molecule has 0 bridgehead atoms. The van der Waals surface area contributed by atoms with Crippen LogP contribution in [0, 0.1) is 11.3 Å². The van der Waals surface area contributed by atoms with Crippen molar-refractivity contribution >= 4 is 45.7 Å². The summed E-state index contributed by atoms with van der Waals surface area (Å²) in [6, 6.07) is 10.3. The lowest BCUT2D eigenvalue weighted by atomic mass is 10.2. The highest BCUT2D eigenvalue weighted by Gasteiger charge is 2.09. The second-order valence-corrected chi connectivity index (χ2v) is 6.49. The number of nitriles is 1. The Morgan fingerprint density at radius 2 is 2.00 bits per heavy atom. The van der Waals surface area contributed by atoms with E-state index >= 15 is 0 Å². The minimum Gasteiger partial charge on any atom is -0.234 e. The van der Waals surface area contributed by atoms with Gasteiger partial charge in [0.05, 0.1) is 16.1 Å². The monoisotopic (exact) mass is 300 g/mol. The van der Waals surface area contributed by atoms with Crippen LogP contribution in [-0.2, 0) is 0 Å². The largest absolute Gasteiger partial charge is 0.234 e. The van der Waals surface area contributed by atoms with Crippen LogP contribution in [0.2, 0.25) is 0 Å². The summed E-state index contributed by atoms with van der Waals surface area (Å²) in [7, 11) is 0. The Balaban J connectivity index is 1.96. The van der Waals surface area contributed by atoms with Crippen LogP contribution in [0.3, 0.4) is 0 Å². The number of thiazole rings is 1. The van der Waals surface area contributed by atoms with E-state index < -0.39 is 0 Å². The van der Waals surface area contributed by atoms with Gasteiger partial charge in [-0.1, -0.05) is 12.1 Å². The highest BCUT2D eigenvalue weighted by atomic mass is 32.1. The Labute approximate surface area is 122 Å². The summed E-state index contributed by atoms with van der Waals surface area (Å²) in [6.07, 6.45) is 1.89. The lowest BCUT2D eigenvalue weighted by molar-refractivity contribution is 1.38. The maximum atomic E-state index is 9.27. The maximum absolute atomic E-state index is 9.27. The number of rotatable bonds is 3. The van der Waals surface area contributed by atoms with E-state index in [1.165, 1.54) is 11.3 Å². The smallest absolute Gasteiger partial charge is 0.134 e. The van der Waals surface area contributed by atoms with E-state index in [9.17, 15) is 5.26 Å². The molecule has 3 rings (SSSR count). The molecule has 0 aliphatic rings. The second-order valence-electron chi connectivity index (χ2n) is 3.70. The van der Waals surface area contributed by atoms with Gasteiger partial charge in [0.1, 0.15) is 11.1 Å². The van der Waals surface area contributed by atoms with Crippen LogP contribution in [0.4, 0.5) is 0 Å². The molecule has 3 aromatic rings. The highest BCUT2D eigenvalue weighted by molar-refractivity contribution is 7.14. The Morgan fingerprint density at radius 3 is 2.68 bits per heavy atom. The van der Waals surface area contributed by atoms with Crippen molar-refractivity contribution in [2.75, 3.05) is 0 Å². The minimum atomic E-state index is 0.621. The molecule has 0 N–H and O–H groups in total. The average Bonchev–Trinajstić information content (AvgIpc) is 3.15. The van der Waals surface area contributed by atoms with Gasteiger partial charge in [0.2, 0.25) is 0 Å². The summed E-state index contributed by atoms with van der Waals surface area (Å²) in [4.78, 5) is 6.76. The van der Waals surface area contributed by atoms with Gasteiger partial charge in [-0.05, 0) is 29.0 Å². The van der Waals surface area contributed by atoms with Gasteiger partial charge in [-0.2, -0.15) is 5.26 Å². The maximum Gasteiger partial charge on any atom is 0.134 e. The molecule has 92 valence electrons. The van der Waals surface area contributed by atoms with Crippen molar-refractivity contribution in [3.63, 3.8) is 0 Å². The molecule has 0 saturated heterocycles. The van der Waals surface area contributed by atoms with E-state index in [1.54, 1.807) is 22.7 Å². The minimum absolute atomic E-state index is 0.621. The van der Waals surface area contributed by atoms with E-state index in [2.05, 4.69) is 11.1 Å². The number of thiophene rings is 2. The zero-order chi connectivity index (χ0) is 13.1. The number of aromatic nitrogens is 1. The Morgan fingerprint density at radius 1 is 1.16 bits per heavy atom. The predicted molar refractivity (Wildman–Crippen MR) is 83.2 cm³/mol. The van der Waals surface area contributed by atoms with Crippen molar-refractivity contribution in [2.45, 2.75) is 0 Å². The topological polar surface area (TPSA) is 36.7 Å². The summed E-state index contributed by atoms with van der Waals surface area (Å²) >= 11 is 4.79. The van der Waals surface area contributed by atoms with Crippen molar-refractivity contribution in [1.29, 1.82) is 5.26 Å². The molecule has 3 heterocycles. The van der Waals surface area contributed by atoms with Crippen molar-refractivity contribution < 1.29 is 0 Å². The first-order valence-corrected chi connectivity index (χ1v) is 8.16. The standard InChI is InChI=1S/C14H8N2S3/c15-8-10(7-11-3-1-5-17-11)14-16-12(9-19-14)13-4-2-6-18-13/h1-7,9H/b10-7-. The van der Waals surface area contributed by atoms with Crippen LogP contribution in [0.5, 0.6) is 0 Å². The molecule has 5 heteroatoms. The molecular weight excluding hydrogens is 292 g/mol.